The van der Waals surface area contributed by atoms with E-state index in [-0.39, 0.29) is 29.3 Å². The molecule has 3 aliphatic rings. The smallest absolute Gasteiger partial charge is 0.272 e. The number of hydrogen-bond acceptors (Lipinski definition) is 7. The average Bonchev–Trinajstić information content (AvgIpc) is 3.57. The molecule has 5 heterocycles. The van der Waals surface area contributed by atoms with Crippen LogP contribution < -0.4 is 16.0 Å². The van der Waals surface area contributed by atoms with E-state index >= 15 is 0 Å². The molecule has 1 aliphatic carbocycles. The molecule has 0 aromatic carbocycles. The summed E-state index contributed by atoms with van der Waals surface area (Å²) in [6, 6.07) is 5.97. The van der Waals surface area contributed by atoms with Gasteiger partial charge in [0.1, 0.15) is 11.4 Å². The summed E-state index contributed by atoms with van der Waals surface area (Å²) in [4.78, 5) is 20.2. The quantitative estimate of drug-likeness (QED) is 0.572. The first-order valence-electron chi connectivity index (χ1n) is 12.4. The Kier molecular flexibility index (Phi) is 5.66. The Morgan fingerprint density at radius 3 is 3.06 bits per heavy atom. The summed E-state index contributed by atoms with van der Waals surface area (Å²) < 4.78 is 7.97. The molecule has 6 rings (SSSR count). The molecule has 35 heavy (non-hydrogen) atoms. The summed E-state index contributed by atoms with van der Waals surface area (Å²) in [5, 5.41) is 12.8. The minimum atomic E-state index is -0.231. The fourth-order valence-corrected chi connectivity index (χ4v) is 6.03. The van der Waals surface area contributed by atoms with Crippen molar-refractivity contribution in [1.82, 2.24) is 25.1 Å². The number of carbonyl (C=O) groups is 1. The lowest BCUT2D eigenvalue weighted by atomic mass is 9.91. The Balaban J connectivity index is 1.13. The van der Waals surface area contributed by atoms with E-state index < -0.39 is 0 Å². The number of nitrogens with zero attached hydrogens (tertiary/aromatic N) is 5. The summed E-state index contributed by atoms with van der Waals surface area (Å²) in [5.74, 6) is 0.735. The van der Waals surface area contributed by atoms with Gasteiger partial charge in [0.05, 0.1) is 17.6 Å². The number of aromatic nitrogens is 4. The summed E-state index contributed by atoms with van der Waals surface area (Å²) in [7, 11) is 0. The molecular formula is C25H30ClN7O2. The van der Waals surface area contributed by atoms with Crippen molar-refractivity contribution in [1.29, 1.82) is 0 Å². The SMILES string of the molecule is CCn1cc(Cl)c2cc(C(=O)NC3CCc4nc(N5CC(N)C6(CCCO6)C5)ccc4C3)nnc21. The fourth-order valence-electron chi connectivity index (χ4n) is 5.77. The number of anilines is 1. The zero-order valence-corrected chi connectivity index (χ0v) is 20.6. The van der Waals surface area contributed by atoms with Crippen molar-refractivity contribution in [2.24, 2.45) is 5.73 Å². The van der Waals surface area contributed by atoms with Crippen molar-refractivity contribution >= 4 is 34.4 Å². The third-order valence-corrected chi connectivity index (χ3v) is 8.04. The predicted octanol–water partition coefficient (Wildman–Crippen LogP) is 2.48. The molecule has 3 N–H and O–H groups in total. The highest BCUT2D eigenvalue weighted by Gasteiger charge is 2.48. The Morgan fingerprint density at radius 2 is 2.26 bits per heavy atom. The third-order valence-electron chi connectivity index (χ3n) is 7.74. The van der Waals surface area contributed by atoms with Gasteiger partial charge in [-0.05, 0) is 56.7 Å². The molecule has 10 heteroatoms. The minimum absolute atomic E-state index is 0.0140. The zero-order valence-electron chi connectivity index (χ0n) is 19.8. The van der Waals surface area contributed by atoms with E-state index in [1.54, 1.807) is 6.07 Å². The maximum absolute atomic E-state index is 12.9. The Labute approximate surface area is 209 Å². The Hall–Kier alpha value is -2.75. The van der Waals surface area contributed by atoms with E-state index in [0.29, 0.717) is 10.7 Å². The van der Waals surface area contributed by atoms with Crippen LogP contribution in [0, 0.1) is 0 Å². The van der Waals surface area contributed by atoms with E-state index in [9.17, 15) is 4.79 Å². The molecule has 0 saturated carbocycles. The van der Waals surface area contributed by atoms with E-state index in [0.717, 1.165) is 75.2 Å². The molecule has 2 fully saturated rings. The van der Waals surface area contributed by atoms with Crippen LogP contribution in [0.25, 0.3) is 11.0 Å². The molecule has 1 spiro atoms. The van der Waals surface area contributed by atoms with Crippen LogP contribution in [0.1, 0.15) is 47.9 Å². The van der Waals surface area contributed by atoms with Crippen LogP contribution in [-0.4, -0.2) is 63.0 Å². The summed E-state index contributed by atoms with van der Waals surface area (Å²) >= 11 is 6.34. The van der Waals surface area contributed by atoms with Crippen molar-refractivity contribution < 1.29 is 9.53 Å². The molecule has 3 aromatic rings. The highest BCUT2D eigenvalue weighted by molar-refractivity contribution is 6.35. The lowest BCUT2D eigenvalue weighted by molar-refractivity contribution is 0.0108. The Bertz CT molecular complexity index is 1290. The van der Waals surface area contributed by atoms with Crippen molar-refractivity contribution in [2.45, 2.75) is 63.3 Å². The second kappa shape index (κ2) is 8.72. The molecule has 2 saturated heterocycles. The van der Waals surface area contributed by atoms with Gasteiger partial charge in [-0.25, -0.2) is 4.98 Å². The van der Waals surface area contributed by atoms with Crippen LogP contribution in [0.15, 0.2) is 24.4 Å². The normalized spacial score (nSPS) is 26.0. The second-order valence-corrected chi connectivity index (χ2v) is 10.3. The molecule has 3 unspecified atom stereocenters. The van der Waals surface area contributed by atoms with Gasteiger partial charge < -0.3 is 25.3 Å². The van der Waals surface area contributed by atoms with E-state index in [1.807, 2.05) is 17.7 Å². The van der Waals surface area contributed by atoms with Crippen LogP contribution in [0.3, 0.4) is 0 Å². The van der Waals surface area contributed by atoms with Crippen molar-refractivity contribution in [3.05, 3.63) is 46.4 Å². The Morgan fingerprint density at radius 1 is 1.37 bits per heavy atom. The molecule has 9 nitrogen and oxygen atoms in total. The number of ether oxygens (including phenoxy) is 1. The van der Waals surface area contributed by atoms with Gasteiger partial charge in [0.15, 0.2) is 11.3 Å². The van der Waals surface area contributed by atoms with Gasteiger partial charge in [-0.2, -0.15) is 0 Å². The van der Waals surface area contributed by atoms with Crippen LogP contribution in [-0.2, 0) is 24.1 Å². The minimum Gasteiger partial charge on any atom is -0.371 e. The number of nitrogens with two attached hydrogens (primary N) is 1. The maximum Gasteiger partial charge on any atom is 0.272 e. The number of nitrogens with one attached hydrogen (secondary N) is 1. The van der Waals surface area contributed by atoms with Crippen molar-refractivity contribution in [2.75, 3.05) is 24.6 Å². The third kappa shape index (κ3) is 3.95. The second-order valence-electron chi connectivity index (χ2n) is 9.92. The molecule has 0 radical (unpaired) electrons. The average molecular weight is 496 g/mol. The number of aryl methyl sites for hydroxylation is 2. The summed E-state index contributed by atoms with van der Waals surface area (Å²) in [6.45, 7) is 5.11. The van der Waals surface area contributed by atoms with Gasteiger partial charge in [0.2, 0.25) is 0 Å². The largest absolute Gasteiger partial charge is 0.371 e. The maximum atomic E-state index is 12.9. The van der Waals surface area contributed by atoms with Gasteiger partial charge in [-0.3, -0.25) is 4.79 Å². The molecular weight excluding hydrogens is 466 g/mol. The number of halogens is 1. The molecule has 1 amide bonds. The lowest BCUT2D eigenvalue weighted by Crippen LogP contribution is -2.46. The van der Waals surface area contributed by atoms with Gasteiger partial charge in [-0.15, -0.1) is 10.2 Å². The van der Waals surface area contributed by atoms with Crippen molar-refractivity contribution in [3.8, 4) is 0 Å². The van der Waals surface area contributed by atoms with Gasteiger partial charge in [0, 0.05) is 43.0 Å². The highest BCUT2D eigenvalue weighted by atomic mass is 35.5. The molecule has 184 valence electrons. The number of hydrogen-bond donors (Lipinski definition) is 2. The monoisotopic (exact) mass is 495 g/mol. The predicted molar refractivity (Wildman–Crippen MR) is 134 cm³/mol. The van der Waals surface area contributed by atoms with Gasteiger partial charge >= 0.3 is 0 Å². The first kappa shape index (κ1) is 22.7. The standard InChI is InChI=1S/C25H30ClN7O2/c1-2-32-12-18(26)17-11-20(30-31-23(17)32)24(34)28-16-5-6-19-15(10-16)4-7-22(29-19)33-13-21(27)25(14-33)8-3-9-35-25/h4,7,11-12,16,21H,2-3,5-6,8-10,13-14,27H2,1H3,(H,28,34). The van der Waals surface area contributed by atoms with Crippen LogP contribution in [0.5, 0.6) is 0 Å². The first-order chi connectivity index (χ1) is 17.0. The van der Waals surface area contributed by atoms with Crippen molar-refractivity contribution in [3.63, 3.8) is 0 Å². The number of amides is 1. The number of carbonyl (C=O) groups excluding carboxylic acids is 1. The van der Waals surface area contributed by atoms with Crippen LogP contribution in [0.2, 0.25) is 5.02 Å². The fraction of sp³-hybridized carbons (Fsp3) is 0.520. The number of rotatable bonds is 4. The van der Waals surface area contributed by atoms with E-state index in [1.165, 1.54) is 5.56 Å². The highest BCUT2D eigenvalue weighted by Crippen LogP contribution is 2.36. The van der Waals surface area contributed by atoms with Crippen LogP contribution >= 0.6 is 11.6 Å². The molecule has 0 bridgehead atoms. The summed E-state index contributed by atoms with van der Waals surface area (Å²) in [5.41, 5.74) is 9.47. The first-order valence-corrected chi connectivity index (χ1v) is 12.8. The summed E-state index contributed by atoms with van der Waals surface area (Å²) in [6.07, 6.45) is 6.28. The topological polar surface area (TPSA) is 111 Å². The number of fused-ring (bicyclic) bond motifs is 2. The van der Waals surface area contributed by atoms with Crippen LogP contribution in [0.4, 0.5) is 5.82 Å². The zero-order chi connectivity index (χ0) is 24.2. The molecule has 3 atom stereocenters. The number of pyridine rings is 1. The lowest BCUT2D eigenvalue weighted by Gasteiger charge is -2.28. The molecule has 3 aromatic heterocycles. The van der Waals surface area contributed by atoms with E-state index in [2.05, 4.69) is 32.5 Å². The molecule has 2 aliphatic heterocycles. The van der Waals surface area contributed by atoms with E-state index in [4.69, 9.17) is 27.1 Å². The van der Waals surface area contributed by atoms with Gasteiger partial charge in [-0.1, -0.05) is 17.7 Å². The van der Waals surface area contributed by atoms with Gasteiger partial charge in [0.25, 0.3) is 5.91 Å².